The Labute approximate surface area is 110 Å². The normalized spacial score (nSPS) is 15.6. The van der Waals surface area contributed by atoms with Crippen LogP contribution in [0, 0.1) is 0 Å². The van der Waals surface area contributed by atoms with Crippen LogP contribution >= 0.6 is 11.3 Å². The highest BCUT2D eigenvalue weighted by molar-refractivity contribution is 7.07. The number of hydrogen-bond acceptors (Lipinski definition) is 2. The molecule has 1 aromatic heterocycles. The average molecular weight is 279 g/mol. The molecule has 0 amide bonds. The van der Waals surface area contributed by atoms with E-state index in [0.717, 1.165) is 6.42 Å². The maximum Gasteiger partial charge on any atom is 0.389 e. The Hall–Kier alpha value is -0.550. The SMILES string of the molecule is CC(CCCC(F)(F)F)NC(C)Cc1ccsc1. The maximum absolute atomic E-state index is 12.0. The van der Waals surface area contributed by atoms with E-state index in [2.05, 4.69) is 23.7 Å². The van der Waals surface area contributed by atoms with Gasteiger partial charge in [-0.15, -0.1) is 0 Å². The third-order valence-corrected chi connectivity index (χ3v) is 3.52. The van der Waals surface area contributed by atoms with Gasteiger partial charge in [-0.1, -0.05) is 0 Å². The van der Waals surface area contributed by atoms with E-state index in [0.29, 0.717) is 12.5 Å². The van der Waals surface area contributed by atoms with Crippen molar-refractivity contribution in [2.75, 3.05) is 0 Å². The molecular weight excluding hydrogens is 259 g/mol. The van der Waals surface area contributed by atoms with Gasteiger partial charge < -0.3 is 5.32 Å². The van der Waals surface area contributed by atoms with E-state index < -0.39 is 12.6 Å². The predicted octanol–water partition coefficient (Wildman–Crippen LogP) is 4.39. The summed E-state index contributed by atoms with van der Waals surface area (Å²) < 4.78 is 36.0. The standard InChI is InChI=1S/C13H20F3NS/c1-10(4-3-6-13(14,15)16)17-11(2)8-12-5-7-18-9-12/h5,7,9-11,17H,3-4,6,8H2,1-2H3. The molecule has 0 radical (unpaired) electrons. The Kier molecular flexibility index (Phi) is 6.15. The molecule has 1 rings (SSSR count). The summed E-state index contributed by atoms with van der Waals surface area (Å²) in [4.78, 5) is 0. The molecule has 18 heavy (non-hydrogen) atoms. The van der Waals surface area contributed by atoms with E-state index in [9.17, 15) is 13.2 Å². The lowest BCUT2D eigenvalue weighted by molar-refractivity contribution is -0.135. The molecular formula is C13H20F3NS. The van der Waals surface area contributed by atoms with Gasteiger partial charge in [-0.25, -0.2) is 0 Å². The van der Waals surface area contributed by atoms with Gasteiger partial charge in [0.2, 0.25) is 0 Å². The smallest absolute Gasteiger partial charge is 0.311 e. The molecule has 0 saturated carbocycles. The van der Waals surface area contributed by atoms with E-state index in [1.54, 1.807) is 11.3 Å². The van der Waals surface area contributed by atoms with Gasteiger partial charge >= 0.3 is 6.18 Å². The summed E-state index contributed by atoms with van der Waals surface area (Å²) in [5.41, 5.74) is 1.28. The van der Waals surface area contributed by atoms with Crippen molar-refractivity contribution in [3.8, 4) is 0 Å². The molecule has 0 saturated heterocycles. The number of hydrogen-bond donors (Lipinski definition) is 1. The summed E-state index contributed by atoms with van der Waals surface area (Å²) in [5.74, 6) is 0. The Morgan fingerprint density at radius 2 is 2.00 bits per heavy atom. The topological polar surface area (TPSA) is 12.0 Å². The quantitative estimate of drug-likeness (QED) is 0.780. The molecule has 1 aromatic rings. The summed E-state index contributed by atoms with van der Waals surface area (Å²) in [7, 11) is 0. The van der Waals surface area contributed by atoms with Gasteiger partial charge in [0.1, 0.15) is 0 Å². The number of halogens is 3. The van der Waals surface area contributed by atoms with E-state index >= 15 is 0 Å². The van der Waals surface area contributed by atoms with E-state index in [1.165, 1.54) is 5.56 Å². The van der Waals surface area contributed by atoms with Crippen LogP contribution in [-0.2, 0) is 6.42 Å². The zero-order chi connectivity index (χ0) is 13.6. The highest BCUT2D eigenvalue weighted by Gasteiger charge is 2.26. The summed E-state index contributed by atoms with van der Waals surface area (Å²) in [6.07, 6.45) is -3.02. The van der Waals surface area contributed by atoms with Crippen LogP contribution in [0.4, 0.5) is 13.2 Å². The first kappa shape index (κ1) is 15.5. The fourth-order valence-corrected chi connectivity index (χ4v) is 2.68. The second-order valence-electron chi connectivity index (χ2n) is 4.81. The number of thiophene rings is 1. The van der Waals surface area contributed by atoms with Crippen molar-refractivity contribution in [1.82, 2.24) is 5.32 Å². The molecule has 2 atom stereocenters. The van der Waals surface area contributed by atoms with Gasteiger partial charge in [-0.3, -0.25) is 0 Å². The fourth-order valence-electron chi connectivity index (χ4n) is 2.00. The zero-order valence-electron chi connectivity index (χ0n) is 10.8. The highest BCUT2D eigenvalue weighted by Crippen LogP contribution is 2.22. The maximum atomic E-state index is 12.0. The second-order valence-corrected chi connectivity index (χ2v) is 5.59. The largest absolute Gasteiger partial charge is 0.389 e. The minimum atomic E-state index is -4.03. The monoisotopic (exact) mass is 279 g/mol. The first-order chi connectivity index (χ1) is 8.37. The Balaban J connectivity index is 2.17. The van der Waals surface area contributed by atoms with E-state index in [4.69, 9.17) is 0 Å². The molecule has 0 aliphatic carbocycles. The summed E-state index contributed by atoms with van der Waals surface area (Å²) in [6.45, 7) is 4.01. The fraction of sp³-hybridized carbons (Fsp3) is 0.692. The molecule has 1 N–H and O–H groups in total. The van der Waals surface area contributed by atoms with Crippen LogP contribution in [0.2, 0.25) is 0 Å². The molecule has 0 bridgehead atoms. The van der Waals surface area contributed by atoms with Crippen LogP contribution in [0.3, 0.4) is 0 Å². The Morgan fingerprint density at radius 3 is 2.56 bits per heavy atom. The lowest BCUT2D eigenvalue weighted by Gasteiger charge is -2.20. The molecule has 0 aliphatic heterocycles. The first-order valence-electron chi connectivity index (χ1n) is 6.20. The number of rotatable bonds is 7. The third-order valence-electron chi connectivity index (χ3n) is 2.79. The molecule has 0 fully saturated rings. The van der Waals surface area contributed by atoms with Crippen molar-refractivity contribution in [3.63, 3.8) is 0 Å². The molecule has 1 heterocycles. The van der Waals surface area contributed by atoms with E-state index in [-0.39, 0.29) is 12.5 Å². The molecule has 0 aliphatic rings. The molecule has 104 valence electrons. The summed E-state index contributed by atoms with van der Waals surface area (Å²) in [5, 5.41) is 7.48. The lowest BCUT2D eigenvalue weighted by Crippen LogP contribution is -2.35. The van der Waals surface area contributed by atoms with Crippen LogP contribution in [0.25, 0.3) is 0 Å². The third kappa shape index (κ3) is 7.01. The predicted molar refractivity (Wildman–Crippen MR) is 70.0 cm³/mol. The minimum absolute atomic E-state index is 0.126. The van der Waals surface area contributed by atoms with Crippen LogP contribution in [-0.4, -0.2) is 18.3 Å². The van der Waals surface area contributed by atoms with Gasteiger partial charge in [0.15, 0.2) is 0 Å². The molecule has 5 heteroatoms. The first-order valence-corrected chi connectivity index (χ1v) is 7.15. The van der Waals surface area contributed by atoms with Gasteiger partial charge in [0, 0.05) is 18.5 Å². The second kappa shape index (κ2) is 7.14. The van der Waals surface area contributed by atoms with Crippen molar-refractivity contribution in [1.29, 1.82) is 0 Å². The lowest BCUT2D eigenvalue weighted by atomic mass is 10.1. The molecule has 1 nitrogen and oxygen atoms in total. The highest BCUT2D eigenvalue weighted by atomic mass is 32.1. The van der Waals surface area contributed by atoms with Crippen LogP contribution in [0.1, 0.15) is 38.7 Å². The van der Waals surface area contributed by atoms with E-state index in [1.807, 2.05) is 12.3 Å². The van der Waals surface area contributed by atoms with Gasteiger partial charge in [-0.05, 0) is 55.5 Å². The van der Waals surface area contributed by atoms with Crippen molar-refractivity contribution >= 4 is 11.3 Å². The zero-order valence-corrected chi connectivity index (χ0v) is 11.6. The molecule has 0 aromatic carbocycles. The van der Waals surface area contributed by atoms with Crippen molar-refractivity contribution in [2.24, 2.45) is 0 Å². The van der Waals surface area contributed by atoms with Crippen molar-refractivity contribution in [2.45, 2.75) is 57.8 Å². The minimum Gasteiger partial charge on any atom is -0.311 e. The van der Waals surface area contributed by atoms with Crippen LogP contribution < -0.4 is 5.32 Å². The van der Waals surface area contributed by atoms with Gasteiger partial charge in [-0.2, -0.15) is 24.5 Å². The average Bonchev–Trinajstić information content (AvgIpc) is 2.67. The van der Waals surface area contributed by atoms with Crippen molar-refractivity contribution in [3.05, 3.63) is 22.4 Å². The number of nitrogens with one attached hydrogen (secondary N) is 1. The number of alkyl halides is 3. The van der Waals surface area contributed by atoms with Gasteiger partial charge in [0.05, 0.1) is 0 Å². The van der Waals surface area contributed by atoms with Crippen molar-refractivity contribution < 1.29 is 13.2 Å². The summed E-state index contributed by atoms with van der Waals surface area (Å²) in [6, 6.07) is 2.50. The van der Waals surface area contributed by atoms with Gasteiger partial charge in [0.25, 0.3) is 0 Å². The Bertz CT molecular complexity index is 321. The molecule has 0 spiro atoms. The summed E-state index contributed by atoms with van der Waals surface area (Å²) >= 11 is 1.66. The van der Waals surface area contributed by atoms with Crippen LogP contribution in [0.15, 0.2) is 16.8 Å². The molecule has 2 unspecified atom stereocenters. The van der Waals surface area contributed by atoms with Crippen LogP contribution in [0.5, 0.6) is 0 Å². The Morgan fingerprint density at radius 1 is 1.28 bits per heavy atom.